The minimum absolute atomic E-state index is 0.700. The van der Waals surface area contributed by atoms with Gasteiger partial charge >= 0.3 is 0 Å². The smallest absolute Gasteiger partial charge is 0.0409 e. The maximum Gasteiger partial charge on any atom is 0.0409 e. The summed E-state index contributed by atoms with van der Waals surface area (Å²) in [5.41, 5.74) is 4.14. The summed E-state index contributed by atoms with van der Waals surface area (Å²) in [4.78, 5) is 2.40. The molecule has 0 bridgehead atoms. The predicted molar refractivity (Wildman–Crippen MR) is 90.5 cm³/mol. The van der Waals surface area contributed by atoms with Crippen LogP contribution in [0.1, 0.15) is 51.2 Å². The molecule has 1 rings (SSSR count). The predicted octanol–water partition coefficient (Wildman–Crippen LogP) is 4.37. The Bertz CT molecular complexity index is 385. The summed E-state index contributed by atoms with van der Waals surface area (Å²) in [6.45, 7) is 12.1. The van der Waals surface area contributed by atoms with Gasteiger partial charge in [-0.3, -0.25) is 0 Å². The first kappa shape index (κ1) is 17.0. The number of hydrogen-bond acceptors (Lipinski definition) is 2. The number of aryl methyl sites for hydroxylation is 1. The van der Waals surface area contributed by atoms with Gasteiger partial charge in [0.15, 0.2) is 0 Å². The first-order valence-electron chi connectivity index (χ1n) is 8.06. The highest BCUT2D eigenvalue weighted by atomic mass is 15.1. The fraction of sp³-hybridized carbons (Fsp3) is 0.667. The first-order valence-corrected chi connectivity index (χ1v) is 8.06. The van der Waals surface area contributed by atoms with Crippen LogP contribution in [0.15, 0.2) is 18.2 Å². The molecular formula is C18H32N2. The molecule has 0 saturated heterocycles. The first-order chi connectivity index (χ1) is 9.54. The van der Waals surface area contributed by atoms with Crippen molar-refractivity contribution in [2.24, 2.45) is 5.92 Å². The molecule has 1 N–H and O–H groups in total. The number of rotatable bonds is 9. The summed E-state index contributed by atoms with van der Waals surface area (Å²) in [6, 6.07) is 6.81. The molecule has 0 saturated carbocycles. The Morgan fingerprint density at radius 1 is 1.20 bits per heavy atom. The van der Waals surface area contributed by atoms with E-state index in [9.17, 15) is 0 Å². The molecule has 20 heavy (non-hydrogen) atoms. The van der Waals surface area contributed by atoms with Crippen LogP contribution in [0.25, 0.3) is 0 Å². The van der Waals surface area contributed by atoms with E-state index >= 15 is 0 Å². The molecule has 1 aromatic rings. The van der Waals surface area contributed by atoms with Crippen molar-refractivity contribution in [3.8, 4) is 0 Å². The van der Waals surface area contributed by atoms with E-state index in [1.54, 1.807) is 0 Å². The third kappa shape index (κ3) is 5.96. The van der Waals surface area contributed by atoms with Crippen LogP contribution in [-0.4, -0.2) is 20.1 Å². The minimum Gasteiger partial charge on any atom is -0.374 e. The molecule has 1 aromatic carbocycles. The van der Waals surface area contributed by atoms with Crippen molar-refractivity contribution in [3.63, 3.8) is 0 Å². The molecule has 2 heteroatoms. The van der Waals surface area contributed by atoms with E-state index in [1.165, 1.54) is 36.1 Å². The van der Waals surface area contributed by atoms with Gasteiger partial charge in [-0.25, -0.2) is 0 Å². The van der Waals surface area contributed by atoms with Crippen LogP contribution in [0.3, 0.4) is 0 Å². The molecule has 0 aliphatic heterocycles. The standard InChI is InChI=1S/C18H32N2/c1-6-7-8-11-20(5)18-10-9-16(4)12-17(18)14-19-13-15(2)3/h9-10,12,15,19H,6-8,11,13-14H2,1-5H3. The van der Waals surface area contributed by atoms with Gasteiger partial charge in [0.25, 0.3) is 0 Å². The average Bonchev–Trinajstić information content (AvgIpc) is 2.38. The zero-order chi connectivity index (χ0) is 15.0. The SMILES string of the molecule is CCCCCN(C)c1ccc(C)cc1CNCC(C)C. The van der Waals surface area contributed by atoms with Gasteiger partial charge in [-0.15, -0.1) is 0 Å². The lowest BCUT2D eigenvalue weighted by Crippen LogP contribution is -2.24. The fourth-order valence-corrected chi connectivity index (χ4v) is 2.44. The Morgan fingerprint density at radius 2 is 1.95 bits per heavy atom. The van der Waals surface area contributed by atoms with E-state index in [4.69, 9.17) is 0 Å². The van der Waals surface area contributed by atoms with Crippen LogP contribution in [0.4, 0.5) is 5.69 Å². The maximum atomic E-state index is 3.56. The zero-order valence-corrected chi connectivity index (χ0v) is 14.0. The van der Waals surface area contributed by atoms with Gasteiger partial charge in [-0.05, 0) is 37.4 Å². The summed E-state index contributed by atoms with van der Waals surface area (Å²) in [5.74, 6) is 0.700. The number of anilines is 1. The molecule has 0 aliphatic carbocycles. The number of hydrogen-bond donors (Lipinski definition) is 1. The van der Waals surface area contributed by atoms with Gasteiger partial charge < -0.3 is 10.2 Å². The summed E-state index contributed by atoms with van der Waals surface area (Å²) in [5, 5.41) is 3.56. The molecule has 0 amide bonds. The van der Waals surface area contributed by atoms with Crippen LogP contribution in [0.2, 0.25) is 0 Å². The van der Waals surface area contributed by atoms with Crippen LogP contribution in [-0.2, 0) is 6.54 Å². The summed E-state index contributed by atoms with van der Waals surface area (Å²) >= 11 is 0. The molecule has 0 spiro atoms. The minimum atomic E-state index is 0.700. The molecule has 0 unspecified atom stereocenters. The molecule has 0 heterocycles. The Labute approximate surface area is 125 Å². The zero-order valence-electron chi connectivity index (χ0n) is 14.0. The summed E-state index contributed by atoms with van der Waals surface area (Å²) in [6.07, 6.45) is 3.88. The van der Waals surface area contributed by atoms with Crippen LogP contribution in [0.5, 0.6) is 0 Å². The molecule has 0 aliphatic rings. The Morgan fingerprint density at radius 3 is 2.60 bits per heavy atom. The second-order valence-electron chi connectivity index (χ2n) is 6.29. The topological polar surface area (TPSA) is 15.3 Å². The average molecular weight is 276 g/mol. The van der Waals surface area contributed by atoms with Gasteiger partial charge in [0.2, 0.25) is 0 Å². The van der Waals surface area contributed by atoms with Crippen LogP contribution in [0, 0.1) is 12.8 Å². The normalized spacial score (nSPS) is 11.1. The molecule has 0 aromatic heterocycles. The maximum absolute atomic E-state index is 3.56. The van der Waals surface area contributed by atoms with E-state index in [-0.39, 0.29) is 0 Å². The Kier molecular flexibility index (Phi) is 7.68. The van der Waals surface area contributed by atoms with Crippen molar-refractivity contribution in [1.29, 1.82) is 0 Å². The third-order valence-corrected chi connectivity index (χ3v) is 3.61. The highest BCUT2D eigenvalue weighted by molar-refractivity contribution is 5.54. The van der Waals surface area contributed by atoms with Crippen molar-refractivity contribution in [1.82, 2.24) is 5.32 Å². The van der Waals surface area contributed by atoms with Gasteiger partial charge in [0.05, 0.1) is 0 Å². The number of unbranched alkanes of at least 4 members (excludes halogenated alkanes) is 2. The third-order valence-electron chi connectivity index (χ3n) is 3.61. The van der Waals surface area contributed by atoms with Gasteiger partial charge in [0, 0.05) is 25.8 Å². The number of nitrogens with one attached hydrogen (secondary N) is 1. The number of benzene rings is 1. The van der Waals surface area contributed by atoms with Gasteiger partial charge in [0.1, 0.15) is 0 Å². The number of nitrogens with zero attached hydrogens (tertiary/aromatic N) is 1. The van der Waals surface area contributed by atoms with Crippen molar-refractivity contribution in [2.75, 3.05) is 25.0 Å². The van der Waals surface area contributed by atoms with E-state index < -0.39 is 0 Å². The fourth-order valence-electron chi connectivity index (χ4n) is 2.44. The lowest BCUT2D eigenvalue weighted by molar-refractivity contribution is 0.552. The quantitative estimate of drug-likeness (QED) is 0.674. The Hall–Kier alpha value is -1.02. The largest absolute Gasteiger partial charge is 0.374 e. The van der Waals surface area contributed by atoms with Crippen LogP contribution < -0.4 is 10.2 Å². The molecule has 114 valence electrons. The van der Waals surface area contributed by atoms with E-state index in [0.29, 0.717) is 5.92 Å². The lowest BCUT2D eigenvalue weighted by Gasteiger charge is -2.23. The molecule has 0 fully saturated rings. The second-order valence-corrected chi connectivity index (χ2v) is 6.29. The van der Waals surface area contributed by atoms with Crippen molar-refractivity contribution in [2.45, 2.75) is 53.5 Å². The Balaban J connectivity index is 2.68. The van der Waals surface area contributed by atoms with Crippen molar-refractivity contribution in [3.05, 3.63) is 29.3 Å². The molecule has 0 radical (unpaired) electrons. The van der Waals surface area contributed by atoms with Crippen LogP contribution >= 0.6 is 0 Å². The second kappa shape index (κ2) is 9.02. The highest BCUT2D eigenvalue weighted by Crippen LogP contribution is 2.21. The van der Waals surface area contributed by atoms with Gasteiger partial charge in [-0.1, -0.05) is 51.3 Å². The molecule has 2 nitrogen and oxygen atoms in total. The highest BCUT2D eigenvalue weighted by Gasteiger charge is 2.07. The summed E-state index contributed by atoms with van der Waals surface area (Å²) < 4.78 is 0. The van der Waals surface area contributed by atoms with E-state index in [0.717, 1.165) is 19.6 Å². The molecular weight excluding hydrogens is 244 g/mol. The lowest BCUT2D eigenvalue weighted by atomic mass is 10.1. The van der Waals surface area contributed by atoms with E-state index in [2.05, 4.69) is 63.2 Å². The van der Waals surface area contributed by atoms with Crippen molar-refractivity contribution >= 4 is 5.69 Å². The monoisotopic (exact) mass is 276 g/mol. The van der Waals surface area contributed by atoms with E-state index in [1.807, 2.05) is 0 Å². The van der Waals surface area contributed by atoms with Gasteiger partial charge in [-0.2, -0.15) is 0 Å². The molecule has 0 atom stereocenters. The van der Waals surface area contributed by atoms with Crippen molar-refractivity contribution < 1.29 is 0 Å². The summed E-state index contributed by atoms with van der Waals surface area (Å²) in [7, 11) is 2.21.